The number of hydrogen-bond acceptors (Lipinski definition) is 6. The third-order valence-electron chi connectivity index (χ3n) is 5.39. The highest BCUT2D eigenvalue weighted by Crippen LogP contribution is 2.38. The number of rotatable bonds is 4. The van der Waals surface area contributed by atoms with Crippen molar-refractivity contribution >= 4 is 32.9 Å². The minimum absolute atomic E-state index is 0.154. The second kappa shape index (κ2) is 7.07. The van der Waals surface area contributed by atoms with Crippen molar-refractivity contribution < 1.29 is 9.84 Å². The lowest BCUT2D eigenvalue weighted by Gasteiger charge is -2.26. The molecule has 1 aliphatic rings. The standard InChI is InChI=1S/C21H22N4O2S/c1-27-17-4-2-3-13-11-18(28-21(13)17)16-12-22-20-10-9-19(24-25(16)20)23-14-5-7-15(26)8-6-14/h2-4,9-12,14-15,26H,5-8H2,1H3,(H,23,24)/t14-,15-. The Balaban J connectivity index is 1.50. The van der Waals surface area contributed by atoms with Crippen molar-refractivity contribution in [1.29, 1.82) is 0 Å². The van der Waals surface area contributed by atoms with Crippen molar-refractivity contribution in [3.8, 4) is 16.3 Å². The molecule has 144 valence electrons. The molecule has 0 unspecified atom stereocenters. The molecule has 0 radical (unpaired) electrons. The summed E-state index contributed by atoms with van der Waals surface area (Å²) < 4.78 is 8.53. The van der Waals surface area contributed by atoms with Crippen molar-refractivity contribution in [1.82, 2.24) is 14.6 Å². The molecule has 0 atom stereocenters. The van der Waals surface area contributed by atoms with E-state index in [1.165, 1.54) is 0 Å². The van der Waals surface area contributed by atoms with E-state index in [0.717, 1.165) is 63.6 Å². The minimum atomic E-state index is -0.154. The molecule has 0 saturated heterocycles. The number of hydrogen-bond donors (Lipinski definition) is 2. The zero-order valence-corrected chi connectivity index (χ0v) is 16.4. The van der Waals surface area contributed by atoms with Gasteiger partial charge in [-0.1, -0.05) is 12.1 Å². The second-order valence-corrected chi connectivity index (χ2v) is 8.32. The molecule has 1 aliphatic carbocycles. The van der Waals surface area contributed by atoms with E-state index in [9.17, 15) is 5.11 Å². The highest BCUT2D eigenvalue weighted by atomic mass is 32.1. The molecule has 7 heteroatoms. The first-order valence-corrected chi connectivity index (χ1v) is 10.4. The molecule has 0 aliphatic heterocycles. The number of thiophene rings is 1. The molecule has 1 saturated carbocycles. The maximum Gasteiger partial charge on any atom is 0.154 e. The van der Waals surface area contributed by atoms with Crippen LogP contribution in [-0.4, -0.2) is 39.0 Å². The molecule has 1 fully saturated rings. The van der Waals surface area contributed by atoms with E-state index in [2.05, 4.69) is 22.4 Å². The van der Waals surface area contributed by atoms with E-state index in [4.69, 9.17) is 9.84 Å². The lowest BCUT2D eigenvalue weighted by atomic mass is 9.93. The summed E-state index contributed by atoms with van der Waals surface area (Å²) in [6, 6.07) is 12.6. The highest BCUT2D eigenvalue weighted by molar-refractivity contribution is 7.22. The van der Waals surface area contributed by atoms with E-state index in [-0.39, 0.29) is 6.10 Å². The monoisotopic (exact) mass is 394 g/mol. The van der Waals surface area contributed by atoms with Gasteiger partial charge in [-0.2, -0.15) is 0 Å². The molecule has 6 nitrogen and oxygen atoms in total. The average molecular weight is 395 g/mol. The fourth-order valence-corrected chi connectivity index (χ4v) is 5.02. The number of anilines is 1. The van der Waals surface area contributed by atoms with Crippen LogP contribution in [0.25, 0.3) is 26.3 Å². The highest BCUT2D eigenvalue weighted by Gasteiger charge is 2.20. The Bertz CT molecular complexity index is 1130. The van der Waals surface area contributed by atoms with E-state index >= 15 is 0 Å². The molecule has 2 N–H and O–H groups in total. The van der Waals surface area contributed by atoms with Gasteiger partial charge < -0.3 is 15.2 Å². The lowest BCUT2D eigenvalue weighted by molar-refractivity contribution is 0.126. The Kier molecular flexibility index (Phi) is 4.41. The number of ether oxygens (including phenoxy) is 1. The third-order valence-corrected chi connectivity index (χ3v) is 6.58. The molecule has 0 bridgehead atoms. The van der Waals surface area contributed by atoms with Crippen molar-refractivity contribution in [2.45, 2.75) is 37.8 Å². The van der Waals surface area contributed by atoms with Crippen LogP contribution in [0.4, 0.5) is 5.82 Å². The number of aliphatic hydroxyl groups is 1. The summed E-state index contributed by atoms with van der Waals surface area (Å²) in [5.74, 6) is 1.73. The molecule has 0 spiro atoms. The number of nitrogens with one attached hydrogen (secondary N) is 1. The van der Waals surface area contributed by atoms with Gasteiger partial charge in [-0.05, 0) is 55.3 Å². The Morgan fingerprint density at radius 1 is 1.18 bits per heavy atom. The van der Waals surface area contributed by atoms with Crippen LogP contribution in [0.2, 0.25) is 0 Å². The van der Waals surface area contributed by atoms with Crippen molar-refractivity contribution in [3.63, 3.8) is 0 Å². The Morgan fingerprint density at radius 3 is 2.86 bits per heavy atom. The molecule has 1 aromatic carbocycles. The van der Waals surface area contributed by atoms with E-state index in [0.29, 0.717) is 6.04 Å². The largest absolute Gasteiger partial charge is 0.495 e. The van der Waals surface area contributed by atoms with Crippen molar-refractivity contribution in [2.75, 3.05) is 12.4 Å². The van der Waals surface area contributed by atoms with Gasteiger partial charge >= 0.3 is 0 Å². The van der Waals surface area contributed by atoms with Crippen LogP contribution in [-0.2, 0) is 0 Å². The summed E-state index contributed by atoms with van der Waals surface area (Å²) in [6.07, 6.45) is 5.35. The minimum Gasteiger partial charge on any atom is -0.495 e. The SMILES string of the molecule is COc1cccc2cc(-c3cnc4ccc(N[C@H]5CC[C@H](O)CC5)nn34)sc12. The van der Waals surface area contributed by atoms with Crippen molar-refractivity contribution in [3.05, 3.63) is 42.6 Å². The first-order valence-electron chi connectivity index (χ1n) is 9.57. The van der Waals surface area contributed by atoms with Crippen LogP contribution >= 0.6 is 11.3 Å². The van der Waals surface area contributed by atoms with Crippen LogP contribution in [0, 0.1) is 0 Å². The first-order chi connectivity index (χ1) is 13.7. The van der Waals surface area contributed by atoms with Gasteiger partial charge in [-0.15, -0.1) is 16.4 Å². The predicted molar refractivity (Wildman–Crippen MR) is 112 cm³/mol. The summed E-state index contributed by atoms with van der Waals surface area (Å²) in [6.45, 7) is 0. The predicted octanol–water partition coefficient (Wildman–Crippen LogP) is 4.34. The summed E-state index contributed by atoms with van der Waals surface area (Å²) in [4.78, 5) is 5.63. The van der Waals surface area contributed by atoms with Gasteiger partial charge in [0, 0.05) is 6.04 Å². The number of nitrogens with zero attached hydrogens (tertiary/aromatic N) is 3. The fraction of sp³-hybridized carbons (Fsp3) is 0.333. The quantitative estimate of drug-likeness (QED) is 0.539. The normalized spacial score (nSPS) is 19.9. The Morgan fingerprint density at radius 2 is 2.04 bits per heavy atom. The molecule has 4 aromatic rings. The Hall–Kier alpha value is -2.64. The lowest BCUT2D eigenvalue weighted by Crippen LogP contribution is -2.28. The molecule has 28 heavy (non-hydrogen) atoms. The third kappa shape index (κ3) is 3.10. The van der Waals surface area contributed by atoms with Gasteiger partial charge in [0.05, 0.1) is 29.0 Å². The molecule has 3 heterocycles. The average Bonchev–Trinajstić information content (AvgIpc) is 3.33. The molecule has 3 aromatic heterocycles. The van der Waals surface area contributed by atoms with Gasteiger partial charge in [-0.3, -0.25) is 0 Å². The maximum atomic E-state index is 9.70. The van der Waals surface area contributed by atoms with E-state index in [1.54, 1.807) is 18.4 Å². The van der Waals surface area contributed by atoms with Crippen LogP contribution in [0.3, 0.4) is 0 Å². The van der Waals surface area contributed by atoms with Crippen molar-refractivity contribution in [2.24, 2.45) is 0 Å². The summed E-state index contributed by atoms with van der Waals surface area (Å²) in [5, 5.41) is 19.2. The zero-order valence-electron chi connectivity index (χ0n) is 15.6. The summed E-state index contributed by atoms with van der Waals surface area (Å²) >= 11 is 1.69. The van der Waals surface area contributed by atoms with Crippen LogP contribution in [0.15, 0.2) is 42.6 Å². The smallest absolute Gasteiger partial charge is 0.154 e. The molecular formula is C21H22N4O2S. The number of fused-ring (bicyclic) bond motifs is 2. The number of benzene rings is 1. The number of aromatic nitrogens is 3. The van der Waals surface area contributed by atoms with Gasteiger partial charge in [0.2, 0.25) is 0 Å². The Labute approximate surface area is 166 Å². The van der Waals surface area contributed by atoms with Gasteiger partial charge in [0.15, 0.2) is 5.65 Å². The maximum absolute atomic E-state index is 9.70. The van der Waals surface area contributed by atoms with Gasteiger partial charge in [0.1, 0.15) is 17.3 Å². The van der Waals surface area contributed by atoms with Gasteiger partial charge in [0.25, 0.3) is 0 Å². The van der Waals surface area contributed by atoms with E-state index < -0.39 is 0 Å². The van der Waals surface area contributed by atoms with E-state index in [1.807, 2.05) is 35.0 Å². The molecule has 5 rings (SSSR count). The van der Waals surface area contributed by atoms with Crippen LogP contribution in [0.1, 0.15) is 25.7 Å². The van der Waals surface area contributed by atoms with Crippen LogP contribution < -0.4 is 10.1 Å². The number of methoxy groups -OCH3 is 1. The first kappa shape index (κ1) is 17.5. The topological polar surface area (TPSA) is 71.7 Å². The summed E-state index contributed by atoms with van der Waals surface area (Å²) in [5.41, 5.74) is 1.80. The number of imidazole rings is 1. The van der Waals surface area contributed by atoms with Crippen LogP contribution in [0.5, 0.6) is 5.75 Å². The zero-order chi connectivity index (χ0) is 19.1. The molecule has 0 amide bonds. The summed E-state index contributed by atoms with van der Waals surface area (Å²) in [7, 11) is 1.70. The number of aliphatic hydroxyl groups excluding tert-OH is 1. The fourth-order valence-electron chi connectivity index (χ4n) is 3.87. The second-order valence-electron chi connectivity index (χ2n) is 7.27. The molecular weight excluding hydrogens is 372 g/mol. The van der Waals surface area contributed by atoms with Gasteiger partial charge in [-0.25, -0.2) is 9.50 Å².